The van der Waals surface area contributed by atoms with E-state index in [1.807, 2.05) is 0 Å². The first-order valence-corrected chi connectivity index (χ1v) is 4.76. The molecule has 7 heteroatoms. The maximum atomic E-state index is 11.5. The SMILES string of the molecule is CCOC(=O)c1cc2c(=O)[nH]c(C)nn2n1. The van der Waals surface area contributed by atoms with Gasteiger partial charge in [-0.2, -0.15) is 0 Å². The van der Waals surface area contributed by atoms with Gasteiger partial charge in [-0.3, -0.25) is 4.79 Å². The Kier molecular flexibility index (Phi) is 2.43. The second-order valence-electron chi connectivity index (χ2n) is 3.16. The fourth-order valence-electron chi connectivity index (χ4n) is 1.30. The number of H-pyrrole nitrogens is 1. The predicted molar refractivity (Wildman–Crippen MR) is 54.3 cm³/mol. The third-order valence-corrected chi connectivity index (χ3v) is 1.95. The first-order valence-electron chi connectivity index (χ1n) is 4.76. The van der Waals surface area contributed by atoms with Gasteiger partial charge in [-0.15, -0.1) is 14.8 Å². The molecule has 0 saturated heterocycles. The summed E-state index contributed by atoms with van der Waals surface area (Å²) in [6.45, 7) is 3.59. The van der Waals surface area contributed by atoms with E-state index in [1.165, 1.54) is 6.07 Å². The summed E-state index contributed by atoms with van der Waals surface area (Å²) in [5.41, 5.74) is -0.0466. The van der Waals surface area contributed by atoms with Crippen LogP contribution in [0.2, 0.25) is 0 Å². The van der Waals surface area contributed by atoms with Crippen LogP contribution in [0.1, 0.15) is 23.2 Å². The van der Waals surface area contributed by atoms with Gasteiger partial charge in [0.1, 0.15) is 5.82 Å². The van der Waals surface area contributed by atoms with Crippen LogP contribution in [0.15, 0.2) is 10.9 Å². The van der Waals surface area contributed by atoms with Crippen LogP contribution >= 0.6 is 0 Å². The number of nitrogens with zero attached hydrogens (tertiary/aromatic N) is 3. The standard InChI is InChI=1S/C9H10N4O3/c1-3-16-9(15)6-4-7-8(14)10-5(2)11-13(7)12-6/h4H,3H2,1-2H3,(H,10,11,14). The Bertz CT molecular complexity index is 598. The molecule has 7 nitrogen and oxygen atoms in total. The summed E-state index contributed by atoms with van der Waals surface area (Å²) in [7, 11) is 0. The average Bonchev–Trinajstić information content (AvgIpc) is 2.62. The van der Waals surface area contributed by atoms with Gasteiger partial charge < -0.3 is 9.72 Å². The second kappa shape index (κ2) is 3.76. The molecule has 2 aromatic rings. The third kappa shape index (κ3) is 1.67. The fraction of sp³-hybridized carbons (Fsp3) is 0.333. The van der Waals surface area contributed by atoms with Crippen molar-refractivity contribution in [3.05, 3.63) is 27.9 Å². The zero-order valence-corrected chi connectivity index (χ0v) is 8.85. The van der Waals surface area contributed by atoms with E-state index < -0.39 is 5.97 Å². The van der Waals surface area contributed by atoms with Gasteiger partial charge in [-0.05, 0) is 13.8 Å². The second-order valence-corrected chi connectivity index (χ2v) is 3.16. The lowest BCUT2D eigenvalue weighted by Gasteiger charge is -1.95. The number of hydrogen-bond donors (Lipinski definition) is 1. The van der Waals surface area contributed by atoms with E-state index in [0.29, 0.717) is 5.82 Å². The first kappa shape index (κ1) is 10.3. The van der Waals surface area contributed by atoms with E-state index in [-0.39, 0.29) is 23.4 Å². The Morgan fingerprint density at radius 2 is 2.31 bits per heavy atom. The average molecular weight is 222 g/mol. The number of carbonyl (C=O) groups is 1. The number of aromatic amines is 1. The maximum Gasteiger partial charge on any atom is 0.358 e. The lowest BCUT2D eigenvalue weighted by atomic mass is 10.4. The van der Waals surface area contributed by atoms with Gasteiger partial charge in [0.15, 0.2) is 11.2 Å². The molecule has 2 heterocycles. The number of rotatable bonds is 2. The minimum absolute atomic E-state index is 0.0745. The molecule has 0 unspecified atom stereocenters. The van der Waals surface area contributed by atoms with Gasteiger partial charge >= 0.3 is 5.97 Å². The molecule has 0 atom stereocenters. The van der Waals surface area contributed by atoms with Crippen molar-refractivity contribution in [3.8, 4) is 0 Å². The zero-order valence-electron chi connectivity index (χ0n) is 8.85. The normalized spacial score (nSPS) is 10.6. The quantitative estimate of drug-likeness (QED) is 0.717. The highest BCUT2D eigenvalue weighted by Gasteiger charge is 2.14. The molecule has 0 radical (unpaired) electrons. The van der Waals surface area contributed by atoms with Crippen LogP contribution in [0.25, 0.3) is 5.52 Å². The van der Waals surface area contributed by atoms with Gasteiger partial charge in [0.2, 0.25) is 0 Å². The van der Waals surface area contributed by atoms with Crippen molar-refractivity contribution < 1.29 is 9.53 Å². The number of aromatic nitrogens is 4. The Hall–Kier alpha value is -2.18. The Morgan fingerprint density at radius 1 is 1.56 bits per heavy atom. The number of hydrogen-bond acceptors (Lipinski definition) is 5. The van der Waals surface area contributed by atoms with Crippen molar-refractivity contribution in [1.82, 2.24) is 19.8 Å². The smallest absolute Gasteiger partial charge is 0.358 e. The van der Waals surface area contributed by atoms with Crippen molar-refractivity contribution in [3.63, 3.8) is 0 Å². The van der Waals surface area contributed by atoms with Crippen LogP contribution < -0.4 is 5.56 Å². The summed E-state index contributed by atoms with van der Waals surface area (Å²) in [5, 5.41) is 7.81. The van der Waals surface area contributed by atoms with Crippen LogP contribution in [-0.2, 0) is 4.74 Å². The van der Waals surface area contributed by atoms with Gasteiger partial charge in [-0.1, -0.05) is 0 Å². The van der Waals surface area contributed by atoms with Crippen molar-refractivity contribution in [2.75, 3.05) is 6.61 Å². The van der Waals surface area contributed by atoms with Gasteiger partial charge in [0, 0.05) is 6.07 Å². The minimum Gasteiger partial charge on any atom is -0.461 e. The number of ether oxygens (including phenoxy) is 1. The highest BCUT2D eigenvalue weighted by atomic mass is 16.5. The zero-order chi connectivity index (χ0) is 11.7. The summed E-state index contributed by atoms with van der Waals surface area (Å²) < 4.78 is 5.90. The van der Waals surface area contributed by atoms with Crippen molar-refractivity contribution in [2.24, 2.45) is 0 Å². The van der Waals surface area contributed by atoms with Crippen LogP contribution in [0.5, 0.6) is 0 Å². The third-order valence-electron chi connectivity index (χ3n) is 1.95. The molecule has 0 amide bonds. The lowest BCUT2D eigenvalue weighted by molar-refractivity contribution is 0.0519. The molecule has 2 rings (SSSR count). The van der Waals surface area contributed by atoms with E-state index in [9.17, 15) is 9.59 Å². The summed E-state index contributed by atoms with van der Waals surface area (Å²) in [6, 6.07) is 1.35. The monoisotopic (exact) mass is 222 g/mol. The van der Waals surface area contributed by atoms with E-state index in [0.717, 1.165) is 4.63 Å². The molecule has 1 N–H and O–H groups in total. The van der Waals surface area contributed by atoms with E-state index in [2.05, 4.69) is 15.2 Å². The van der Waals surface area contributed by atoms with E-state index >= 15 is 0 Å². The number of esters is 1. The topological polar surface area (TPSA) is 89.4 Å². The van der Waals surface area contributed by atoms with Crippen LogP contribution in [-0.4, -0.2) is 32.4 Å². The van der Waals surface area contributed by atoms with Crippen molar-refractivity contribution in [2.45, 2.75) is 13.8 Å². The minimum atomic E-state index is -0.565. The molecular formula is C9H10N4O3. The van der Waals surface area contributed by atoms with E-state index in [1.54, 1.807) is 13.8 Å². The van der Waals surface area contributed by atoms with Crippen LogP contribution in [0, 0.1) is 6.92 Å². The van der Waals surface area contributed by atoms with Crippen LogP contribution in [0.4, 0.5) is 0 Å². The molecule has 2 aromatic heterocycles. The molecule has 84 valence electrons. The predicted octanol–water partition coefficient (Wildman–Crippen LogP) is -0.0973. The van der Waals surface area contributed by atoms with E-state index in [4.69, 9.17) is 4.74 Å². The van der Waals surface area contributed by atoms with Crippen molar-refractivity contribution in [1.29, 1.82) is 0 Å². The van der Waals surface area contributed by atoms with Crippen molar-refractivity contribution >= 4 is 11.5 Å². The number of fused-ring (bicyclic) bond motifs is 1. The molecule has 0 aliphatic carbocycles. The van der Waals surface area contributed by atoms with Crippen LogP contribution in [0.3, 0.4) is 0 Å². The summed E-state index contributed by atoms with van der Waals surface area (Å²) in [6.07, 6.45) is 0. The van der Waals surface area contributed by atoms with Gasteiger partial charge in [0.05, 0.1) is 6.61 Å². The Labute approximate surface area is 90.0 Å². The molecule has 0 bridgehead atoms. The molecule has 16 heavy (non-hydrogen) atoms. The summed E-state index contributed by atoms with van der Waals surface area (Å²) in [5.74, 6) is -0.138. The molecule has 0 fully saturated rings. The fourth-order valence-corrected chi connectivity index (χ4v) is 1.30. The molecule has 0 spiro atoms. The summed E-state index contributed by atoms with van der Waals surface area (Å²) in [4.78, 5) is 25.4. The largest absolute Gasteiger partial charge is 0.461 e. The molecule has 0 aliphatic heterocycles. The Morgan fingerprint density at radius 3 is 3.00 bits per heavy atom. The maximum absolute atomic E-state index is 11.5. The van der Waals surface area contributed by atoms with Gasteiger partial charge in [-0.25, -0.2) is 4.79 Å². The molecule has 0 saturated carbocycles. The number of carbonyl (C=O) groups excluding carboxylic acids is 1. The lowest BCUT2D eigenvalue weighted by Crippen LogP contribution is -2.14. The molecular weight excluding hydrogens is 212 g/mol. The van der Waals surface area contributed by atoms with Gasteiger partial charge in [0.25, 0.3) is 5.56 Å². The highest BCUT2D eigenvalue weighted by molar-refractivity contribution is 5.88. The number of aryl methyl sites for hydroxylation is 1. The first-order chi connectivity index (χ1) is 7.61. The Balaban J connectivity index is 2.56. The highest BCUT2D eigenvalue weighted by Crippen LogP contribution is 2.02. The summed E-state index contributed by atoms with van der Waals surface area (Å²) >= 11 is 0. The molecule has 0 aliphatic rings. The molecule has 0 aromatic carbocycles. The number of nitrogens with one attached hydrogen (secondary N) is 1.